The first kappa shape index (κ1) is 22.5. The first-order valence-electron chi connectivity index (χ1n) is 13.3. The molecular weight excluding hydrogens is 488 g/mol. The van der Waals surface area contributed by atoms with Crippen molar-refractivity contribution in [2.45, 2.75) is 0 Å². The Labute approximate surface area is 230 Å². The van der Waals surface area contributed by atoms with E-state index in [0.29, 0.717) is 5.82 Å². The van der Waals surface area contributed by atoms with E-state index in [4.69, 9.17) is 9.97 Å². The predicted octanol–water partition coefficient (Wildman–Crippen LogP) is 8.88. The molecule has 8 aromatic rings. The lowest BCUT2D eigenvalue weighted by molar-refractivity contribution is 1.02. The molecule has 0 fully saturated rings. The van der Waals surface area contributed by atoms with Crippen molar-refractivity contribution in [2.75, 3.05) is 0 Å². The van der Waals surface area contributed by atoms with Crippen LogP contribution < -0.4 is 0 Å². The lowest BCUT2D eigenvalue weighted by Crippen LogP contribution is -1.97. The Morgan fingerprint density at radius 1 is 0.375 bits per heavy atom. The number of nitrogens with zero attached hydrogens (tertiary/aromatic N) is 4. The summed E-state index contributed by atoms with van der Waals surface area (Å²) in [6, 6.07) is 42.9. The van der Waals surface area contributed by atoms with Crippen LogP contribution in [0.4, 0.5) is 0 Å². The van der Waals surface area contributed by atoms with Gasteiger partial charge in [-0.15, -0.1) is 0 Å². The second kappa shape index (κ2) is 9.07. The number of fused-ring (bicyclic) bond motifs is 6. The van der Waals surface area contributed by atoms with E-state index < -0.39 is 0 Å². The molecule has 0 unspecified atom stereocenters. The molecule has 2 aromatic heterocycles. The molecule has 0 N–H and O–H groups in total. The smallest absolute Gasteiger partial charge is 0.162 e. The van der Waals surface area contributed by atoms with Gasteiger partial charge in [0.1, 0.15) is 0 Å². The van der Waals surface area contributed by atoms with E-state index in [1.165, 1.54) is 43.1 Å². The maximum absolute atomic E-state index is 5.02. The number of benzene rings is 6. The average molecular weight is 511 g/mol. The fourth-order valence-corrected chi connectivity index (χ4v) is 5.62. The van der Waals surface area contributed by atoms with Crippen molar-refractivity contribution >= 4 is 43.1 Å². The van der Waals surface area contributed by atoms with Crippen LogP contribution in [0.5, 0.6) is 0 Å². The topological polar surface area (TPSA) is 51.6 Å². The van der Waals surface area contributed by atoms with Gasteiger partial charge in [-0.2, -0.15) is 10.2 Å². The molecule has 8 rings (SSSR count). The minimum Gasteiger partial charge on any atom is -0.228 e. The second-order valence-corrected chi connectivity index (χ2v) is 10.0. The minimum absolute atomic E-state index is 0.624. The molecule has 0 aliphatic rings. The van der Waals surface area contributed by atoms with Crippen molar-refractivity contribution in [3.8, 4) is 33.9 Å². The van der Waals surface area contributed by atoms with Gasteiger partial charge in [0.25, 0.3) is 0 Å². The van der Waals surface area contributed by atoms with Gasteiger partial charge in [-0.3, -0.25) is 0 Å². The van der Waals surface area contributed by atoms with Crippen LogP contribution in [0.15, 0.2) is 134 Å². The molecule has 0 saturated carbocycles. The Balaban J connectivity index is 1.36. The van der Waals surface area contributed by atoms with Crippen LogP contribution in [0.2, 0.25) is 0 Å². The quantitative estimate of drug-likeness (QED) is 0.223. The van der Waals surface area contributed by atoms with Gasteiger partial charge in [0.15, 0.2) is 5.82 Å². The van der Waals surface area contributed by atoms with Gasteiger partial charge >= 0.3 is 0 Å². The number of aromatic nitrogens is 4. The predicted molar refractivity (Wildman–Crippen MR) is 164 cm³/mol. The van der Waals surface area contributed by atoms with E-state index >= 15 is 0 Å². The van der Waals surface area contributed by atoms with Crippen molar-refractivity contribution < 1.29 is 0 Å². The molecule has 4 nitrogen and oxygen atoms in total. The van der Waals surface area contributed by atoms with Crippen LogP contribution in [0.3, 0.4) is 0 Å². The summed E-state index contributed by atoms with van der Waals surface area (Å²) in [5.41, 5.74) is 4.65. The van der Waals surface area contributed by atoms with Crippen LogP contribution in [0.25, 0.3) is 77.0 Å². The molecule has 6 aromatic carbocycles. The second-order valence-electron chi connectivity index (χ2n) is 10.0. The van der Waals surface area contributed by atoms with Gasteiger partial charge in [0, 0.05) is 16.7 Å². The normalized spacial score (nSPS) is 11.5. The standard InChI is InChI=1S/C36H22N4/c1-3-7-30-23(5-1)9-11-25-13-15-27(19-32(25)30)34-21-35(40-36(39-34)29-17-18-37-38-22-29)28-16-14-26-12-10-24-6-2-4-8-31(24)33(26)20-28/h1-22H. The maximum Gasteiger partial charge on any atom is 0.162 e. The van der Waals surface area contributed by atoms with Crippen LogP contribution in [0, 0.1) is 0 Å². The summed E-state index contributed by atoms with van der Waals surface area (Å²) in [4.78, 5) is 10.0. The largest absolute Gasteiger partial charge is 0.228 e. The monoisotopic (exact) mass is 510 g/mol. The van der Waals surface area contributed by atoms with E-state index in [1.54, 1.807) is 12.4 Å². The van der Waals surface area contributed by atoms with Crippen LogP contribution >= 0.6 is 0 Å². The Hall–Kier alpha value is -5.48. The number of rotatable bonds is 3. The average Bonchev–Trinajstić information content (AvgIpc) is 3.04. The first-order chi connectivity index (χ1) is 19.8. The van der Waals surface area contributed by atoms with Crippen LogP contribution in [-0.2, 0) is 0 Å². The fourth-order valence-electron chi connectivity index (χ4n) is 5.62. The molecule has 0 aliphatic heterocycles. The van der Waals surface area contributed by atoms with Gasteiger partial charge in [-0.05, 0) is 67.4 Å². The molecular formula is C36H22N4. The summed E-state index contributed by atoms with van der Waals surface area (Å²) >= 11 is 0. The molecule has 186 valence electrons. The Morgan fingerprint density at radius 3 is 1.40 bits per heavy atom. The molecule has 0 aliphatic carbocycles. The Bertz CT molecular complexity index is 2080. The van der Waals surface area contributed by atoms with E-state index in [1.807, 2.05) is 6.07 Å². The van der Waals surface area contributed by atoms with E-state index in [2.05, 4.69) is 125 Å². The molecule has 0 spiro atoms. The summed E-state index contributed by atoms with van der Waals surface area (Å²) in [5, 5.41) is 17.8. The number of hydrogen-bond acceptors (Lipinski definition) is 4. The molecule has 0 atom stereocenters. The molecule has 0 saturated heterocycles. The van der Waals surface area contributed by atoms with Crippen LogP contribution in [0.1, 0.15) is 0 Å². The zero-order valence-corrected chi connectivity index (χ0v) is 21.5. The van der Waals surface area contributed by atoms with Gasteiger partial charge in [0.2, 0.25) is 0 Å². The number of hydrogen-bond donors (Lipinski definition) is 0. The van der Waals surface area contributed by atoms with Crippen molar-refractivity contribution in [3.05, 3.63) is 134 Å². The molecule has 0 amide bonds. The summed E-state index contributed by atoms with van der Waals surface area (Å²) in [6.45, 7) is 0. The zero-order valence-electron chi connectivity index (χ0n) is 21.5. The Morgan fingerprint density at radius 2 is 0.875 bits per heavy atom. The highest BCUT2D eigenvalue weighted by Crippen LogP contribution is 2.34. The molecule has 0 bridgehead atoms. The van der Waals surface area contributed by atoms with E-state index in [9.17, 15) is 0 Å². The van der Waals surface area contributed by atoms with Crippen LogP contribution in [-0.4, -0.2) is 20.2 Å². The third-order valence-electron chi connectivity index (χ3n) is 7.65. The third kappa shape index (κ3) is 3.77. The highest BCUT2D eigenvalue weighted by molar-refractivity contribution is 6.09. The molecule has 4 heteroatoms. The minimum atomic E-state index is 0.624. The fraction of sp³-hybridized carbons (Fsp3) is 0. The van der Waals surface area contributed by atoms with Crippen molar-refractivity contribution in [1.29, 1.82) is 0 Å². The highest BCUT2D eigenvalue weighted by atomic mass is 15.1. The molecule has 40 heavy (non-hydrogen) atoms. The van der Waals surface area contributed by atoms with Gasteiger partial charge < -0.3 is 0 Å². The summed E-state index contributed by atoms with van der Waals surface area (Å²) in [7, 11) is 0. The van der Waals surface area contributed by atoms with Gasteiger partial charge in [-0.25, -0.2) is 9.97 Å². The van der Waals surface area contributed by atoms with Gasteiger partial charge in [-0.1, -0.05) is 97.1 Å². The lowest BCUT2D eigenvalue weighted by Gasteiger charge is -2.12. The first-order valence-corrected chi connectivity index (χ1v) is 13.3. The Kier molecular flexibility index (Phi) is 5.10. The summed E-state index contributed by atoms with van der Waals surface area (Å²) in [5.74, 6) is 0.624. The maximum atomic E-state index is 5.02. The summed E-state index contributed by atoms with van der Waals surface area (Å²) < 4.78 is 0. The third-order valence-corrected chi connectivity index (χ3v) is 7.65. The molecule has 0 radical (unpaired) electrons. The van der Waals surface area contributed by atoms with Crippen molar-refractivity contribution in [1.82, 2.24) is 20.2 Å². The highest BCUT2D eigenvalue weighted by Gasteiger charge is 2.13. The van der Waals surface area contributed by atoms with E-state index in [-0.39, 0.29) is 0 Å². The van der Waals surface area contributed by atoms with Gasteiger partial charge in [0.05, 0.1) is 23.8 Å². The molecule has 2 heterocycles. The van der Waals surface area contributed by atoms with Crippen molar-refractivity contribution in [2.24, 2.45) is 0 Å². The lowest BCUT2D eigenvalue weighted by atomic mass is 9.97. The summed E-state index contributed by atoms with van der Waals surface area (Å²) in [6.07, 6.45) is 3.39. The zero-order chi connectivity index (χ0) is 26.5. The van der Waals surface area contributed by atoms with E-state index in [0.717, 1.165) is 28.1 Å². The SMILES string of the molecule is c1ccc2c(c1)ccc1ccc(-c3cc(-c4ccc5ccc6ccccc6c5c4)nc(-c4ccnnc4)n3)cc12. The van der Waals surface area contributed by atoms with Crippen molar-refractivity contribution in [3.63, 3.8) is 0 Å².